The van der Waals surface area contributed by atoms with Gasteiger partial charge in [-0.05, 0) is 42.3 Å². The molecule has 1 aliphatic heterocycles. The Bertz CT molecular complexity index is 746. The van der Waals surface area contributed by atoms with Crippen LogP contribution in [-0.4, -0.2) is 40.4 Å². The minimum Gasteiger partial charge on any atom is -0.504 e. The molecule has 0 spiro atoms. The molecule has 1 heterocycles. The van der Waals surface area contributed by atoms with Crippen molar-refractivity contribution in [3.63, 3.8) is 0 Å². The van der Waals surface area contributed by atoms with E-state index >= 15 is 0 Å². The number of ether oxygens (including phenoxy) is 3. The molecule has 2 atom stereocenters. The van der Waals surface area contributed by atoms with Gasteiger partial charge in [-0.2, -0.15) is 0 Å². The van der Waals surface area contributed by atoms with Crippen LogP contribution in [0.4, 0.5) is 0 Å². The lowest BCUT2D eigenvalue weighted by molar-refractivity contribution is -0.299. The molecule has 7 heteroatoms. The van der Waals surface area contributed by atoms with Crippen molar-refractivity contribution in [2.24, 2.45) is 0 Å². The van der Waals surface area contributed by atoms with Crippen molar-refractivity contribution in [2.45, 2.75) is 18.5 Å². The topological polar surface area (TPSA) is 109 Å². The highest BCUT2D eigenvalue weighted by molar-refractivity contribution is 5.47. The second kappa shape index (κ2) is 6.20. The summed E-state index contributed by atoms with van der Waals surface area (Å²) in [5.41, 5.74) is 1.11. The van der Waals surface area contributed by atoms with Crippen molar-refractivity contribution in [1.82, 2.24) is 0 Å². The largest absolute Gasteiger partial charge is 0.504 e. The highest BCUT2D eigenvalue weighted by Gasteiger charge is 2.49. The van der Waals surface area contributed by atoms with Crippen LogP contribution in [0.15, 0.2) is 36.4 Å². The maximum absolute atomic E-state index is 10.4. The third kappa shape index (κ3) is 2.62. The van der Waals surface area contributed by atoms with E-state index in [1.54, 1.807) is 18.2 Å². The van der Waals surface area contributed by atoms with E-state index in [0.29, 0.717) is 17.9 Å². The third-order valence-corrected chi connectivity index (χ3v) is 3.91. The number of phenolic OH excluding ortho intramolecular Hbond substituents is 2. The third-order valence-electron chi connectivity index (χ3n) is 3.91. The van der Waals surface area contributed by atoms with Crippen molar-refractivity contribution >= 4 is 0 Å². The van der Waals surface area contributed by atoms with Crippen LogP contribution < -0.4 is 9.47 Å². The van der Waals surface area contributed by atoms with Crippen LogP contribution >= 0.6 is 0 Å². The van der Waals surface area contributed by atoms with Crippen LogP contribution in [-0.2, 0) is 16.9 Å². The minimum atomic E-state index is -1.70. The van der Waals surface area contributed by atoms with Gasteiger partial charge < -0.3 is 34.6 Å². The molecule has 0 amide bonds. The van der Waals surface area contributed by atoms with Crippen LogP contribution in [0.1, 0.15) is 11.1 Å². The Hall–Kier alpha value is -2.48. The maximum atomic E-state index is 10.4. The average Bonchev–Trinajstić information content (AvgIpc) is 2.57. The summed E-state index contributed by atoms with van der Waals surface area (Å²) in [6.07, 6.45) is -1.06. The first kappa shape index (κ1) is 16.4. The van der Waals surface area contributed by atoms with Crippen LogP contribution in [0.2, 0.25) is 0 Å². The van der Waals surface area contributed by atoms with Gasteiger partial charge in [-0.3, -0.25) is 0 Å². The summed E-state index contributed by atoms with van der Waals surface area (Å²) in [6.45, 7) is -0.00298. The molecule has 1 aliphatic rings. The van der Waals surface area contributed by atoms with E-state index in [2.05, 4.69) is 0 Å². The van der Waals surface area contributed by atoms with Gasteiger partial charge in [0.2, 0.25) is 0 Å². The first-order valence-electron chi connectivity index (χ1n) is 7.35. The van der Waals surface area contributed by atoms with Gasteiger partial charge in [0.1, 0.15) is 0 Å². The number of aromatic hydroxyl groups is 2. The first-order chi connectivity index (χ1) is 11.5. The number of methoxy groups -OCH3 is 1. The molecule has 0 aromatic heterocycles. The molecule has 0 aliphatic carbocycles. The van der Waals surface area contributed by atoms with E-state index < -0.39 is 12.1 Å². The molecule has 4 N–H and O–H groups in total. The van der Waals surface area contributed by atoms with Gasteiger partial charge in [0.15, 0.2) is 23.0 Å². The maximum Gasteiger partial charge on any atom is 0.300 e. The Morgan fingerprint density at radius 1 is 1.08 bits per heavy atom. The zero-order chi connectivity index (χ0) is 17.3. The Balaban J connectivity index is 2.02. The quantitative estimate of drug-likeness (QED) is 0.623. The average molecular weight is 334 g/mol. The van der Waals surface area contributed by atoms with E-state index in [1.807, 2.05) is 0 Å². The number of aliphatic hydroxyl groups is 2. The molecule has 0 fully saturated rings. The summed E-state index contributed by atoms with van der Waals surface area (Å²) in [5.74, 6) is -1.70. The fourth-order valence-electron chi connectivity index (χ4n) is 2.63. The van der Waals surface area contributed by atoms with Crippen molar-refractivity contribution < 1.29 is 34.6 Å². The first-order valence-corrected chi connectivity index (χ1v) is 7.35. The van der Waals surface area contributed by atoms with E-state index in [1.165, 1.54) is 25.3 Å². The molecule has 0 unspecified atom stereocenters. The molecule has 128 valence electrons. The van der Waals surface area contributed by atoms with Gasteiger partial charge in [-0.1, -0.05) is 6.07 Å². The highest BCUT2D eigenvalue weighted by Crippen LogP contribution is 2.44. The normalized spacial score (nSPS) is 22.4. The van der Waals surface area contributed by atoms with Crippen molar-refractivity contribution in [3.05, 3.63) is 47.5 Å². The summed E-state index contributed by atoms with van der Waals surface area (Å²) >= 11 is 0. The van der Waals surface area contributed by atoms with Crippen LogP contribution in [0.25, 0.3) is 0 Å². The molecule has 0 radical (unpaired) electrons. The molecule has 24 heavy (non-hydrogen) atoms. The number of fused-ring (bicyclic) bond motifs is 1. The van der Waals surface area contributed by atoms with Gasteiger partial charge in [0.25, 0.3) is 6.29 Å². The number of rotatable bonds is 4. The van der Waals surface area contributed by atoms with E-state index in [4.69, 9.17) is 19.3 Å². The predicted octanol–water partition coefficient (Wildman–Crippen LogP) is 1.22. The Morgan fingerprint density at radius 3 is 2.54 bits per heavy atom. The Kier molecular flexibility index (Phi) is 4.23. The molecule has 7 nitrogen and oxygen atoms in total. The zero-order valence-electron chi connectivity index (χ0n) is 13.0. The second-order valence-corrected chi connectivity index (χ2v) is 5.40. The second-order valence-electron chi connectivity index (χ2n) is 5.40. The molecule has 2 aromatic rings. The van der Waals surface area contributed by atoms with Gasteiger partial charge in [-0.25, -0.2) is 0 Å². The standard InChI is InChI=1S/C17H18O7/c1-22-17(11-3-4-12(19)13(20)9-11)16(21)23-15-8-10(6-7-18)2-5-14(15)24-17/h2-5,8-9,16,18-21H,6-7H2,1H3/t16-,17-/m0/s1. The smallest absolute Gasteiger partial charge is 0.300 e. The lowest BCUT2D eigenvalue weighted by atomic mass is 10.0. The van der Waals surface area contributed by atoms with Crippen LogP contribution in [0, 0.1) is 0 Å². The molecule has 0 bridgehead atoms. The van der Waals surface area contributed by atoms with Gasteiger partial charge in [0, 0.05) is 19.3 Å². The molecular weight excluding hydrogens is 316 g/mol. The van der Waals surface area contributed by atoms with E-state index in [-0.39, 0.29) is 23.7 Å². The summed E-state index contributed by atoms with van der Waals surface area (Å²) < 4.78 is 16.7. The fourth-order valence-corrected chi connectivity index (χ4v) is 2.63. The van der Waals surface area contributed by atoms with Crippen LogP contribution in [0.5, 0.6) is 23.0 Å². The van der Waals surface area contributed by atoms with E-state index in [0.717, 1.165) is 5.56 Å². The van der Waals surface area contributed by atoms with Crippen molar-refractivity contribution in [1.29, 1.82) is 0 Å². The van der Waals surface area contributed by atoms with Crippen molar-refractivity contribution in [3.8, 4) is 23.0 Å². The Morgan fingerprint density at radius 2 is 1.88 bits per heavy atom. The summed E-state index contributed by atoms with van der Waals surface area (Å²) in [7, 11) is 1.33. The van der Waals surface area contributed by atoms with Crippen LogP contribution in [0.3, 0.4) is 0 Å². The predicted molar refractivity (Wildman–Crippen MR) is 83.0 cm³/mol. The lowest BCUT2D eigenvalue weighted by Crippen LogP contribution is -2.51. The number of hydrogen-bond donors (Lipinski definition) is 4. The zero-order valence-corrected chi connectivity index (χ0v) is 13.0. The Labute approximate surface area is 138 Å². The number of aliphatic hydroxyl groups excluding tert-OH is 2. The van der Waals surface area contributed by atoms with Crippen molar-refractivity contribution in [2.75, 3.05) is 13.7 Å². The summed E-state index contributed by atoms with van der Waals surface area (Å²) in [4.78, 5) is 0. The molecule has 3 rings (SSSR count). The van der Waals surface area contributed by atoms with Gasteiger partial charge in [-0.15, -0.1) is 0 Å². The number of benzene rings is 2. The summed E-state index contributed by atoms with van der Waals surface area (Å²) in [5, 5.41) is 38.6. The SMILES string of the molecule is CO[C@@]1(c2ccc(O)c(O)c2)Oc2ccc(CCO)cc2O[C@@H]1O. The number of hydrogen-bond acceptors (Lipinski definition) is 7. The molecule has 2 aromatic carbocycles. The molecule has 0 saturated carbocycles. The lowest BCUT2D eigenvalue weighted by Gasteiger charge is -2.40. The fraction of sp³-hybridized carbons (Fsp3) is 0.294. The highest BCUT2D eigenvalue weighted by atomic mass is 16.8. The van der Waals surface area contributed by atoms with Gasteiger partial charge in [0.05, 0.1) is 0 Å². The minimum absolute atomic E-state index is 0.00298. The number of phenols is 2. The summed E-state index contributed by atoms with van der Waals surface area (Å²) in [6, 6.07) is 9.04. The molecule has 0 saturated heterocycles. The van der Waals surface area contributed by atoms with Gasteiger partial charge >= 0.3 is 5.79 Å². The monoisotopic (exact) mass is 334 g/mol. The molecular formula is C17H18O7. The van der Waals surface area contributed by atoms with E-state index in [9.17, 15) is 15.3 Å².